The maximum absolute atomic E-state index is 12.1. The van der Waals surface area contributed by atoms with Crippen molar-refractivity contribution in [2.24, 2.45) is 0 Å². The van der Waals surface area contributed by atoms with Crippen molar-refractivity contribution >= 4 is 11.8 Å². The lowest BCUT2D eigenvalue weighted by Crippen LogP contribution is -2.54. The van der Waals surface area contributed by atoms with Gasteiger partial charge >= 0.3 is 0 Å². The molecule has 0 aliphatic carbocycles. The number of nitrogens with zero attached hydrogens (tertiary/aromatic N) is 3. The highest BCUT2D eigenvalue weighted by molar-refractivity contribution is 5.88. The molecule has 2 aliphatic rings. The van der Waals surface area contributed by atoms with Gasteiger partial charge in [-0.05, 0) is 31.7 Å². The second kappa shape index (κ2) is 6.48. The van der Waals surface area contributed by atoms with Gasteiger partial charge in [0.25, 0.3) is 0 Å². The number of amides is 2. The first-order chi connectivity index (χ1) is 10.6. The summed E-state index contributed by atoms with van der Waals surface area (Å²) in [6.45, 7) is 4.73. The van der Waals surface area contributed by atoms with Gasteiger partial charge in [-0.15, -0.1) is 0 Å². The zero-order valence-corrected chi connectivity index (χ0v) is 12.9. The standard InChI is InChI=1S/C15H23N5O2/c1-11-6-17-20(7-11)12-8-19(9-12)10-14(21)18-13-4-2-3-5-16-15(13)22/h6-7,12-13H,2-5,8-10H2,1H3,(H,16,22)(H,18,21). The molecule has 7 heteroatoms. The molecule has 1 unspecified atom stereocenters. The predicted octanol–water partition coefficient (Wildman–Crippen LogP) is -0.167. The van der Waals surface area contributed by atoms with Crippen LogP contribution in [0, 0.1) is 6.92 Å². The summed E-state index contributed by atoms with van der Waals surface area (Å²) in [7, 11) is 0. The van der Waals surface area contributed by atoms with E-state index in [1.165, 1.54) is 0 Å². The Labute approximate surface area is 130 Å². The van der Waals surface area contributed by atoms with Gasteiger partial charge in [0.1, 0.15) is 6.04 Å². The molecule has 2 fully saturated rings. The van der Waals surface area contributed by atoms with Crippen LogP contribution >= 0.6 is 0 Å². The van der Waals surface area contributed by atoms with Gasteiger partial charge in [-0.3, -0.25) is 19.2 Å². The molecule has 1 aromatic rings. The van der Waals surface area contributed by atoms with Crippen LogP contribution in [0.25, 0.3) is 0 Å². The Kier molecular flexibility index (Phi) is 4.42. The topological polar surface area (TPSA) is 79.3 Å². The first kappa shape index (κ1) is 15.0. The molecule has 22 heavy (non-hydrogen) atoms. The van der Waals surface area contributed by atoms with Crippen LogP contribution in [0.4, 0.5) is 0 Å². The highest BCUT2D eigenvalue weighted by Gasteiger charge is 2.31. The van der Waals surface area contributed by atoms with Crippen LogP contribution in [-0.4, -0.2) is 58.7 Å². The van der Waals surface area contributed by atoms with E-state index >= 15 is 0 Å². The van der Waals surface area contributed by atoms with Crippen molar-refractivity contribution in [1.29, 1.82) is 0 Å². The first-order valence-electron chi connectivity index (χ1n) is 7.92. The quantitative estimate of drug-likeness (QED) is 0.810. The molecule has 2 N–H and O–H groups in total. The van der Waals surface area contributed by atoms with Crippen LogP contribution in [0.5, 0.6) is 0 Å². The maximum atomic E-state index is 12.1. The first-order valence-corrected chi connectivity index (χ1v) is 7.92. The zero-order valence-electron chi connectivity index (χ0n) is 12.9. The van der Waals surface area contributed by atoms with E-state index in [2.05, 4.69) is 20.6 Å². The van der Waals surface area contributed by atoms with Gasteiger partial charge in [-0.1, -0.05) is 0 Å². The number of aryl methyl sites for hydroxylation is 1. The zero-order chi connectivity index (χ0) is 15.5. The van der Waals surface area contributed by atoms with Crippen LogP contribution in [0.2, 0.25) is 0 Å². The molecule has 0 saturated carbocycles. The molecule has 2 aliphatic heterocycles. The van der Waals surface area contributed by atoms with Gasteiger partial charge in [0.05, 0.1) is 18.8 Å². The van der Waals surface area contributed by atoms with Gasteiger partial charge in [0, 0.05) is 25.8 Å². The molecule has 2 saturated heterocycles. The number of carbonyl (C=O) groups is 2. The van der Waals surface area contributed by atoms with E-state index < -0.39 is 0 Å². The average Bonchev–Trinajstić information content (AvgIpc) is 2.76. The molecular weight excluding hydrogens is 282 g/mol. The summed E-state index contributed by atoms with van der Waals surface area (Å²) in [6, 6.07) is -0.0245. The molecule has 7 nitrogen and oxygen atoms in total. The molecule has 120 valence electrons. The van der Waals surface area contributed by atoms with Crippen molar-refractivity contribution in [2.45, 2.75) is 38.3 Å². The minimum absolute atomic E-state index is 0.0562. The minimum atomic E-state index is -0.374. The van der Waals surface area contributed by atoms with Crippen LogP contribution in [-0.2, 0) is 9.59 Å². The Morgan fingerprint density at radius 1 is 1.45 bits per heavy atom. The van der Waals surface area contributed by atoms with Crippen molar-refractivity contribution in [1.82, 2.24) is 25.3 Å². The van der Waals surface area contributed by atoms with Gasteiger partial charge in [-0.2, -0.15) is 5.10 Å². The molecule has 3 rings (SSSR count). The van der Waals surface area contributed by atoms with E-state index in [0.29, 0.717) is 19.1 Å². The summed E-state index contributed by atoms with van der Waals surface area (Å²) in [5, 5.41) is 9.99. The number of rotatable bonds is 4. The third-order valence-electron chi connectivity index (χ3n) is 4.28. The third kappa shape index (κ3) is 3.47. The monoisotopic (exact) mass is 305 g/mol. The fraction of sp³-hybridized carbons (Fsp3) is 0.667. The Morgan fingerprint density at radius 3 is 3.00 bits per heavy atom. The average molecular weight is 305 g/mol. The van der Waals surface area contributed by atoms with Crippen LogP contribution in [0.15, 0.2) is 12.4 Å². The van der Waals surface area contributed by atoms with E-state index in [9.17, 15) is 9.59 Å². The lowest BCUT2D eigenvalue weighted by molar-refractivity contribution is -0.130. The van der Waals surface area contributed by atoms with Gasteiger partial charge in [-0.25, -0.2) is 0 Å². The van der Waals surface area contributed by atoms with Gasteiger partial charge < -0.3 is 10.6 Å². The van der Waals surface area contributed by atoms with E-state index in [1.807, 2.05) is 24.0 Å². The summed E-state index contributed by atoms with van der Waals surface area (Å²) in [5.74, 6) is -0.128. The fourth-order valence-corrected chi connectivity index (χ4v) is 2.99. The van der Waals surface area contributed by atoms with Crippen LogP contribution in [0.3, 0.4) is 0 Å². The van der Waals surface area contributed by atoms with E-state index in [4.69, 9.17) is 0 Å². The Morgan fingerprint density at radius 2 is 2.27 bits per heavy atom. The molecule has 0 aromatic carbocycles. The Hall–Kier alpha value is -1.89. The Balaban J connectivity index is 1.42. The number of nitrogens with one attached hydrogen (secondary N) is 2. The predicted molar refractivity (Wildman–Crippen MR) is 81.2 cm³/mol. The van der Waals surface area contributed by atoms with Gasteiger partial charge in [0.15, 0.2) is 0 Å². The normalized spacial score (nSPS) is 23.5. The van der Waals surface area contributed by atoms with Crippen molar-refractivity contribution in [3.63, 3.8) is 0 Å². The van der Waals surface area contributed by atoms with Crippen molar-refractivity contribution in [3.05, 3.63) is 18.0 Å². The molecule has 2 amide bonds. The third-order valence-corrected chi connectivity index (χ3v) is 4.28. The van der Waals surface area contributed by atoms with Crippen molar-refractivity contribution in [3.8, 4) is 0 Å². The van der Waals surface area contributed by atoms with E-state index in [1.54, 1.807) is 0 Å². The molecule has 1 aromatic heterocycles. The summed E-state index contributed by atoms with van der Waals surface area (Å²) >= 11 is 0. The summed E-state index contributed by atoms with van der Waals surface area (Å²) in [4.78, 5) is 25.9. The number of aromatic nitrogens is 2. The molecule has 0 radical (unpaired) electrons. The number of likely N-dealkylation sites (tertiary alicyclic amines) is 1. The molecule has 0 bridgehead atoms. The molecule has 3 heterocycles. The summed E-state index contributed by atoms with van der Waals surface area (Å²) in [5.41, 5.74) is 1.15. The number of hydrogen-bond donors (Lipinski definition) is 2. The van der Waals surface area contributed by atoms with E-state index in [0.717, 1.165) is 37.9 Å². The highest BCUT2D eigenvalue weighted by Crippen LogP contribution is 2.20. The lowest BCUT2D eigenvalue weighted by Gasteiger charge is -2.38. The molecule has 0 spiro atoms. The summed E-state index contributed by atoms with van der Waals surface area (Å²) < 4.78 is 1.96. The molecule has 1 atom stereocenters. The second-order valence-electron chi connectivity index (χ2n) is 6.25. The summed E-state index contributed by atoms with van der Waals surface area (Å²) in [6.07, 6.45) is 6.55. The number of hydrogen-bond acceptors (Lipinski definition) is 4. The highest BCUT2D eigenvalue weighted by atomic mass is 16.2. The van der Waals surface area contributed by atoms with Crippen molar-refractivity contribution in [2.75, 3.05) is 26.2 Å². The second-order valence-corrected chi connectivity index (χ2v) is 6.25. The van der Waals surface area contributed by atoms with Crippen molar-refractivity contribution < 1.29 is 9.59 Å². The van der Waals surface area contributed by atoms with Gasteiger partial charge in [0.2, 0.25) is 11.8 Å². The fourth-order valence-electron chi connectivity index (χ4n) is 2.99. The molecular formula is C15H23N5O2. The number of carbonyl (C=O) groups excluding carboxylic acids is 2. The maximum Gasteiger partial charge on any atom is 0.242 e. The lowest BCUT2D eigenvalue weighted by atomic mass is 10.1. The minimum Gasteiger partial charge on any atom is -0.354 e. The van der Waals surface area contributed by atoms with Crippen LogP contribution in [0.1, 0.15) is 30.9 Å². The smallest absolute Gasteiger partial charge is 0.242 e. The largest absolute Gasteiger partial charge is 0.354 e. The van der Waals surface area contributed by atoms with E-state index in [-0.39, 0.29) is 17.9 Å². The SMILES string of the molecule is Cc1cnn(C2CN(CC(=O)NC3CCCCNC3=O)C2)c1. The van der Waals surface area contributed by atoms with Crippen LogP contribution < -0.4 is 10.6 Å². The Bertz CT molecular complexity index is 550.